The van der Waals surface area contributed by atoms with Gasteiger partial charge >= 0.3 is 6.03 Å². The Morgan fingerprint density at radius 2 is 1.93 bits per heavy atom. The molecule has 2 aromatic rings. The molecule has 2 heterocycles. The highest BCUT2D eigenvalue weighted by atomic mass is 35.5. The minimum absolute atomic E-state index is 0.0174. The van der Waals surface area contributed by atoms with E-state index in [1.54, 1.807) is 11.3 Å². The third-order valence-electron chi connectivity index (χ3n) is 5.64. The van der Waals surface area contributed by atoms with E-state index in [0.717, 1.165) is 22.7 Å². The molecule has 142 valence electrons. The second kappa shape index (κ2) is 8.11. The van der Waals surface area contributed by atoms with Gasteiger partial charge in [-0.2, -0.15) is 0 Å². The number of amides is 2. The molecule has 2 unspecified atom stereocenters. The third kappa shape index (κ3) is 3.94. The monoisotopic (exact) mass is 401 g/mol. The van der Waals surface area contributed by atoms with Crippen LogP contribution in [0.2, 0.25) is 5.02 Å². The predicted octanol–water partition coefficient (Wildman–Crippen LogP) is 6.24. The van der Waals surface area contributed by atoms with Gasteiger partial charge in [0.25, 0.3) is 0 Å². The van der Waals surface area contributed by atoms with Crippen LogP contribution >= 0.6 is 22.9 Å². The van der Waals surface area contributed by atoms with Gasteiger partial charge in [0.15, 0.2) is 0 Å². The van der Waals surface area contributed by atoms with E-state index in [-0.39, 0.29) is 18.0 Å². The number of urea groups is 1. The summed E-state index contributed by atoms with van der Waals surface area (Å²) in [6.07, 6.45) is 7.14. The van der Waals surface area contributed by atoms with Gasteiger partial charge in [-0.25, -0.2) is 14.8 Å². The number of halogens is 1. The number of carbonyl (C=O) groups excluding carboxylic acids is 1. The molecule has 2 atom stereocenters. The van der Waals surface area contributed by atoms with Gasteiger partial charge < -0.3 is 5.32 Å². The predicted molar refractivity (Wildman–Crippen MR) is 111 cm³/mol. The number of aromatic nitrogens is 1. The first-order chi connectivity index (χ1) is 13.2. The van der Waals surface area contributed by atoms with Crippen molar-refractivity contribution < 1.29 is 4.79 Å². The Hall–Kier alpha value is -1.72. The molecular formula is C21H24ClN3OS. The number of thiazole rings is 1. The number of aliphatic imine (C=N–C) groups is 1. The highest BCUT2D eigenvalue weighted by molar-refractivity contribution is 7.09. The van der Waals surface area contributed by atoms with Crippen molar-refractivity contribution >= 4 is 34.7 Å². The van der Waals surface area contributed by atoms with Crippen molar-refractivity contribution in [3.05, 3.63) is 50.9 Å². The Morgan fingerprint density at radius 1 is 1.19 bits per heavy atom. The lowest BCUT2D eigenvalue weighted by atomic mass is 9.86. The van der Waals surface area contributed by atoms with Gasteiger partial charge in [-0.15, -0.1) is 11.3 Å². The first-order valence-corrected chi connectivity index (χ1v) is 11.0. The molecule has 1 aromatic heterocycles. The van der Waals surface area contributed by atoms with Gasteiger partial charge in [-0.3, -0.25) is 0 Å². The first-order valence-electron chi connectivity index (χ1n) is 9.74. The molecule has 1 aliphatic heterocycles. The third-order valence-corrected chi connectivity index (χ3v) is 6.84. The topological polar surface area (TPSA) is 54.4 Å². The van der Waals surface area contributed by atoms with Gasteiger partial charge in [0.2, 0.25) is 0 Å². The Labute approximate surface area is 169 Å². The molecule has 1 aromatic carbocycles. The fourth-order valence-electron chi connectivity index (χ4n) is 4.20. The molecule has 4 rings (SSSR count). The van der Waals surface area contributed by atoms with E-state index < -0.39 is 0 Å². The fraction of sp³-hybridized carbons (Fsp3) is 0.476. The molecule has 1 N–H and O–H groups in total. The van der Waals surface area contributed by atoms with Crippen LogP contribution in [-0.2, 0) is 0 Å². The van der Waals surface area contributed by atoms with Gasteiger partial charge in [-0.05, 0) is 37.0 Å². The number of carbonyl (C=O) groups is 1. The van der Waals surface area contributed by atoms with Gasteiger partial charge in [0, 0.05) is 22.0 Å². The van der Waals surface area contributed by atoms with Crippen molar-refractivity contribution in [2.24, 2.45) is 4.99 Å². The van der Waals surface area contributed by atoms with Crippen LogP contribution in [-0.4, -0.2) is 16.7 Å². The quantitative estimate of drug-likeness (QED) is 0.658. The minimum Gasteiger partial charge on any atom is -0.328 e. The molecule has 0 radical (unpaired) electrons. The first kappa shape index (κ1) is 18.6. The Balaban J connectivity index is 1.69. The maximum atomic E-state index is 12.2. The van der Waals surface area contributed by atoms with Crippen LogP contribution in [0.15, 0.2) is 34.6 Å². The smallest absolute Gasteiger partial charge is 0.328 e. The summed E-state index contributed by atoms with van der Waals surface area (Å²) in [7, 11) is 0. The van der Waals surface area contributed by atoms with Crippen molar-refractivity contribution in [3.63, 3.8) is 0 Å². The van der Waals surface area contributed by atoms with E-state index in [4.69, 9.17) is 16.6 Å². The zero-order valence-corrected chi connectivity index (χ0v) is 17.0. The molecule has 27 heavy (non-hydrogen) atoms. The van der Waals surface area contributed by atoms with E-state index in [9.17, 15) is 4.79 Å². The maximum Gasteiger partial charge on any atom is 0.341 e. The van der Waals surface area contributed by atoms with Gasteiger partial charge in [0.1, 0.15) is 5.01 Å². The standard InChI is InChI=1S/C21H24ClN3OS/c1-2-16-18(20-23-17(12-27-20)13-6-4-3-5-7-13)19(25-21(26)24-16)14-8-10-15(22)11-9-14/h8-13,18-19H,2-7H2,1H3,(H,25,26). The summed E-state index contributed by atoms with van der Waals surface area (Å²) in [5.74, 6) is 0.564. The largest absolute Gasteiger partial charge is 0.341 e. The van der Waals surface area contributed by atoms with Crippen LogP contribution in [0.3, 0.4) is 0 Å². The van der Waals surface area contributed by atoms with Crippen LogP contribution in [0, 0.1) is 0 Å². The average Bonchev–Trinajstić information content (AvgIpc) is 3.18. The molecule has 1 saturated carbocycles. The van der Waals surface area contributed by atoms with Gasteiger partial charge in [0.05, 0.1) is 17.7 Å². The molecule has 0 saturated heterocycles. The van der Waals surface area contributed by atoms with Crippen LogP contribution in [0.1, 0.15) is 79.6 Å². The summed E-state index contributed by atoms with van der Waals surface area (Å²) in [6, 6.07) is 7.27. The lowest BCUT2D eigenvalue weighted by Gasteiger charge is -2.31. The van der Waals surface area contributed by atoms with Gasteiger partial charge in [-0.1, -0.05) is 49.9 Å². The normalized spacial score (nSPS) is 23.8. The molecular weight excluding hydrogens is 378 g/mol. The lowest BCUT2D eigenvalue weighted by molar-refractivity contribution is 0.242. The molecule has 6 heteroatoms. The number of rotatable bonds is 4. The highest BCUT2D eigenvalue weighted by Gasteiger charge is 2.36. The fourth-order valence-corrected chi connectivity index (χ4v) is 5.39. The molecule has 1 fully saturated rings. The van der Waals surface area contributed by atoms with E-state index in [2.05, 4.69) is 22.6 Å². The summed E-state index contributed by atoms with van der Waals surface area (Å²) in [6.45, 7) is 2.05. The second-order valence-corrected chi connectivity index (χ2v) is 8.68. The Bertz CT molecular complexity index is 839. The second-order valence-electron chi connectivity index (χ2n) is 7.36. The SMILES string of the molecule is CCC1=NC(=O)NC(c2ccc(Cl)cc2)C1c1nc(C2CCCCC2)cs1. The van der Waals surface area contributed by atoms with Crippen molar-refractivity contribution in [2.75, 3.05) is 0 Å². The van der Waals surface area contributed by atoms with Crippen molar-refractivity contribution in [2.45, 2.75) is 63.3 Å². The summed E-state index contributed by atoms with van der Waals surface area (Å²) >= 11 is 7.76. The summed E-state index contributed by atoms with van der Waals surface area (Å²) in [4.78, 5) is 21.5. The summed E-state index contributed by atoms with van der Waals surface area (Å²) in [5, 5.41) is 7.01. The number of benzene rings is 1. The Morgan fingerprint density at radius 3 is 2.63 bits per heavy atom. The van der Waals surface area contributed by atoms with Crippen molar-refractivity contribution in [1.29, 1.82) is 0 Å². The number of hydrogen-bond donors (Lipinski definition) is 1. The summed E-state index contributed by atoms with van der Waals surface area (Å²) in [5.41, 5.74) is 3.16. The van der Waals surface area contributed by atoms with Crippen LogP contribution in [0.4, 0.5) is 4.79 Å². The van der Waals surface area contributed by atoms with E-state index in [1.807, 2.05) is 24.3 Å². The van der Waals surface area contributed by atoms with E-state index >= 15 is 0 Å². The van der Waals surface area contributed by atoms with Crippen LogP contribution < -0.4 is 5.32 Å². The average molecular weight is 402 g/mol. The zero-order chi connectivity index (χ0) is 18.8. The zero-order valence-electron chi connectivity index (χ0n) is 15.5. The minimum atomic E-state index is -0.271. The molecule has 2 amide bonds. The Kier molecular flexibility index (Phi) is 5.60. The highest BCUT2D eigenvalue weighted by Crippen LogP contribution is 2.40. The molecule has 1 aliphatic carbocycles. The number of hydrogen-bond acceptors (Lipinski definition) is 3. The number of nitrogens with one attached hydrogen (secondary N) is 1. The molecule has 0 bridgehead atoms. The van der Waals surface area contributed by atoms with E-state index in [1.165, 1.54) is 37.8 Å². The molecule has 0 spiro atoms. The van der Waals surface area contributed by atoms with Crippen LogP contribution in [0.5, 0.6) is 0 Å². The maximum absolute atomic E-state index is 12.2. The lowest BCUT2D eigenvalue weighted by Crippen LogP contribution is -2.39. The molecule has 4 nitrogen and oxygen atoms in total. The summed E-state index contributed by atoms with van der Waals surface area (Å²) < 4.78 is 0. The molecule has 2 aliphatic rings. The number of nitrogens with zero attached hydrogens (tertiary/aromatic N) is 2. The van der Waals surface area contributed by atoms with Crippen molar-refractivity contribution in [1.82, 2.24) is 10.3 Å². The van der Waals surface area contributed by atoms with Crippen molar-refractivity contribution in [3.8, 4) is 0 Å². The van der Waals surface area contributed by atoms with Crippen LogP contribution in [0.25, 0.3) is 0 Å². The van der Waals surface area contributed by atoms with E-state index in [0.29, 0.717) is 10.9 Å².